The van der Waals surface area contributed by atoms with Crippen LogP contribution in [0.4, 0.5) is 4.39 Å². The number of carbonyl (C=O) groups excluding carboxylic acids is 1. The summed E-state index contributed by atoms with van der Waals surface area (Å²) in [5.41, 5.74) is 0. The zero-order valence-electron chi connectivity index (χ0n) is 13.5. The maximum atomic E-state index is 13.0. The van der Waals surface area contributed by atoms with Gasteiger partial charge in [0.1, 0.15) is 11.6 Å². The Balaban J connectivity index is 0.00000225. The zero-order valence-corrected chi connectivity index (χ0v) is 14.4. The number of halogens is 2. The van der Waals surface area contributed by atoms with Crippen molar-refractivity contribution < 1.29 is 18.4 Å². The first-order valence-electron chi connectivity index (χ1n) is 7.91. The molecule has 9 heteroatoms. The molecule has 1 saturated heterocycles. The molecule has 0 radical (unpaired) electrons. The van der Waals surface area contributed by atoms with E-state index in [0.717, 1.165) is 19.4 Å². The molecule has 7 nitrogen and oxygen atoms in total. The summed E-state index contributed by atoms with van der Waals surface area (Å²) in [6.45, 7) is 1.41. The molecular formula is C16H20ClFN4O3. The number of ether oxygens (including phenoxy) is 1. The molecular weight excluding hydrogens is 351 g/mol. The third-order valence-corrected chi connectivity index (χ3v) is 3.69. The predicted molar refractivity (Wildman–Crippen MR) is 90.0 cm³/mol. The lowest BCUT2D eigenvalue weighted by molar-refractivity contribution is -0.122. The van der Waals surface area contributed by atoms with E-state index in [0.29, 0.717) is 30.4 Å². The Morgan fingerprint density at radius 2 is 2.36 bits per heavy atom. The van der Waals surface area contributed by atoms with Crippen molar-refractivity contribution in [3.8, 4) is 5.75 Å². The molecule has 1 fully saturated rings. The van der Waals surface area contributed by atoms with E-state index in [4.69, 9.17) is 9.26 Å². The lowest BCUT2D eigenvalue weighted by Crippen LogP contribution is -2.41. The average molecular weight is 371 g/mol. The molecule has 136 valence electrons. The van der Waals surface area contributed by atoms with Crippen LogP contribution in [0.15, 0.2) is 28.8 Å². The summed E-state index contributed by atoms with van der Waals surface area (Å²) in [5, 5.41) is 9.78. The van der Waals surface area contributed by atoms with Gasteiger partial charge in [0.2, 0.25) is 17.6 Å². The van der Waals surface area contributed by atoms with Gasteiger partial charge in [-0.3, -0.25) is 4.79 Å². The molecule has 3 rings (SSSR count). The number of nitrogens with one attached hydrogen (secondary N) is 2. The summed E-state index contributed by atoms with van der Waals surface area (Å²) in [7, 11) is 0. The minimum atomic E-state index is -0.367. The van der Waals surface area contributed by atoms with Crippen LogP contribution in [0.3, 0.4) is 0 Å². The van der Waals surface area contributed by atoms with Gasteiger partial charge in [-0.2, -0.15) is 4.98 Å². The van der Waals surface area contributed by atoms with Crippen LogP contribution in [0, 0.1) is 5.82 Å². The third-order valence-electron chi connectivity index (χ3n) is 3.69. The van der Waals surface area contributed by atoms with Gasteiger partial charge in [-0.05, 0) is 31.5 Å². The molecule has 2 heterocycles. The van der Waals surface area contributed by atoms with Gasteiger partial charge in [-0.25, -0.2) is 4.39 Å². The Hall–Kier alpha value is -2.19. The smallest absolute Gasteiger partial charge is 0.237 e. The normalized spacial score (nSPS) is 16.3. The Kier molecular flexibility index (Phi) is 7.15. The second kappa shape index (κ2) is 9.33. The summed E-state index contributed by atoms with van der Waals surface area (Å²) < 4.78 is 23.5. The van der Waals surface area contributed by atoms with Crippen molar-refractivity contribution in [1.82, 2.24) is 20.8 Å². The second-order valence-electron chi connectivity index (χ2n) is 5.54. The van der Waals surface area contributed by atoms with Gasteiger partial charge in [-0.1, -0.05) is 11.2 Å². The highest BCUT2D eigenvalue weighted by molar-refractivity contribution is 5.85. The van der Waals surface area contributed by atoms with Crippen molar-refractivity contribution in [1.29, 1.82) is 0 Å². The first kappa shape index (κ1) is 19.1. The van der Waals surface area contributed by atoms with E-state index in [-0.39, 0.29) is 36.8 Å². The molecule has 1 aromatic heterocycles. The minimum Gasteiger partial charge on any atom is -0.485 e. The Labute approximate surface area is 150 Å². The predicted octanol–water partition coefficient (Wildman–Crippen LogP) is 1.62. The number of amides is 1. The Morgan fingerprint density at radius 3 is 3.12 bits per heavy atom. The molecule has 0 saturated carbocycles. The lowest BCUT2D eigenvalue weighted by atomic mass is 10.2. The quantitative estimate of drug-likeness (QED) is 0.770. The van der Waals surface area contributed by atoms with Crippen LogP contribution in [0.5, 0.6) is 5.75 Å². The molecule has 0 spiro atoms. The van der Waals surface area contributed by atoms with Crippen molar-refractivity contribution in [2.75, 3.05) is 13.1 Å². The number of hydrogen-bond donors (Lipinski definition) is 2. The zero-order chi connectivity index (χ0) is 16.8. The van der Waals surface area contributed by atoms with E-state index in [1.807, 2.05) is 0 Å². The topological polar surface area (TPSA) is 89.3 Å². The van der Waals surface area contributed by atoms with E-state index in [1.54, 1.807) is 12.1 Å². The molecule has 1 aliphatic rings. The number of carbonyl (C=O) groups is 1. The summed E-state index contributed by atoms with van der Waals surface area (Å²) in [4.78, 5) is 16.0. The monoisotopic (exact) mass is 370 g/mol. The summed E-state index contributed by atoms with van der Waals surface area (Å²) in [6.07, 6.45) is 2.34. The van der Waals surface area contributed by atoms with Gasteiger partial charge in [-0.15, -0.1) is 12.4 Å². The molecule has 2 N–H and O–H groups in total. The molecule has 1 aliphatic heterocycles. The van der Waals surface area contributed by atoms with Crippen LogP contribution in [0.1, 0.15) is 24.6 Å². The van der Waals surface area contributed by atoms with Crippen LogP contribution < -0.4 is 15.4 Å². The van der Waals surface area contributed by atoms with Crippen LogP contribution in [-0.2, 0) is 17.8 Å². The fourth-order valence-electron chi connectivity index (χ4n) is 2.48. The molecule has 0 aliphatic carbocycles. The maximum absolute atomic E-state index is 13.0. The van der Waals surface area contributed by atoms with Gasteiger partial charge in [0.05, 0.1) is 6.04 Å². The Morgan fingerprint density at radius 1 is 1.48 bits per heavy atom. The second-order valence-corrected chi connectivity index (χ2v) is 5.54. The molecule has 1 unspecified atom stereocenters. The van der Waals surface area contributed by atoms with Gasteiger partial charge < -0.3 is 19.9 Å². The number of rotatable bonds is 7. The summed E-state index contributed by atoms with van der Waals surface area (Å²) in [6, 6.07) is 5.75. The SMILES string of the molecule is Cl.O=C(NCCc1nc(COc2cccc(F)c2)no1)C1CCCN1. The van der Waals surface area contributed by atoms with Crippen LogP contribution >= 0.6 is 12.4 Å². The van der Waals surface area contributed by atoms with Gasteiger partial charge >= 0.3 is 0 Å². The average Bonchev–Trinajstić information content (AvgIpc) is 3.25. The highest BCUT2D eigenvalue weighted by atomic mass is 35.5. The van der Waals surface area contributed by atoms with E-state index >= 15 is 0 Å². The number of nitrogens with zero attached hydrogens (tertiary/aromatic N) is 2. The molecule has 25 heavy (non-hydrogen) atoms. The van der Waals surface area contributed by atoms with Crippen molar-refractivity contribution in [2.24, 2.45) is 0 Å². The number of hydrogen-bond acceptors (Lipinski definition) is 6. The van der Waals surface area contributed by atoms with Crippen molar-refractivity contribution in [3.05, 3.63) is 41.8 Å². The fraction of sp³-hybridized carbons (Fsp3) is 0.438. The van der Waals surface area contributed by atoms with E-state index in [9.17, 15) is 9.18 Å². The summed E-state index contributed by atoms with van der Waals surface area (Å²) >= 11 is 0. The standard InChI is InChI=1S/C16H19FN4O3.ClH/c17-11-3-1-4-12(9-11)23-10-14-20-15(24-21-14)6-8-19-16(22)13-5-2-7-18-13;/h1,3-4,9,13,18H,2,5-8,10H2,(H,19,22);1H. The molecule has 2 aromatic rings. The number of aromatic nitrogens is 2. The molecule has 1 amide bonds. The van der Waals surface area contributed by atoms with Gasteiger partial charge in [0.15, 0.2) is 6.61 Å². The van der Waals surface area contributed by atoms with Gasteiger partial charge in [0.25, 0.3) is 0 Å². The largest absolute Gasteiger partial charge is 0.485 e. The highest BCUT2D eigenvalue weighted by Crippen LogP contribution is 2.13. The van der Waals surface area contributed by atoms with Crippen LogP contribution in [-0.4, -0.2) is 35.2 Å². The molecule has 1 aromatic carbocycles. The number of benzene rings is 1. The van der Waals surface area contributed by atoms with Crippen LogP contribution in [0.2, 0.25) is 0 Å². The third kappa shape index (κ3) is 5.68. The van der Waals surface area contributed by atoms with Crippen LogP contribution in [0.25, 0.3) is 0 Å². The van der Waals surface area contributed by atoms with E-state index < -0.39 is 0 Å². The lowest BCUT2D eigenvalue weighted by Gasteiger charge is -2.09. The van der Waals surface area contributed by atoms with Crippen molar-refractivity contribution >= 4 is 18.3 Å². The van der Waals surface area contributed by atoms with E-state index in [2.05, 4.69) is 20.8 Å². The van der Waals surface area contributed by atoms with Crippen molar-refractivity contribution in [2.45, 2.75) is 31.9 Å². The Bertz CT molecular complexity index is 692. The highest BCUT2D eigenvalue weighted by Gasteiger charge is 2.21. The fourth-order valence-corrected chi connectivity index (χ4v) is 2.48. The van der Waals surface area contributed by atoms with Gasteiger partial charge in [0, 0.05) is 19.0 Å². The minimum absolute atomic E-state index is 0. The maximum Gasteiger partial charge on any atom is 0.237 e. The van der Waals surface area contributed by atoms with E-state index in [1.165, 1.54) is 12.1 Å². The molecule has 0 bridgehead atoms. The summed E-state index contributed by atoms with van der Waals surface area (Å²) in [5.74, 6) is 0.832. The molecule has 1 atom stereocenters. The van der Waals surface area contributed by atoms with Crippen molar-refractivity contribution in [3.63, 3.8) is 0 Å². The first-order chi connectivity index (χ1) is 11.7. The first-order valence-corrected chi connectivity index (χ1v) is 7.91.